The number of aliphatic hydroxyl groups excluding tert-OH is 1. The van der Waals surface area contributed by atoms with Gasteiger partial charge in [-0.15, -0.1) is 0 Å². The number of β-amino-alcohol motifs (C(OH)–C–C–N with tert-alkyl or cyclic N) is 1. The third-order valence-electron chi connectivity index (χ3n) is 3.16. The largest absolute Gasteiger partial charge is 0.392 e. The summed E-state index contributed by atoms with van der Waals surface area (Å²) in [6.07, 6.45) is 0.753. The Morgan fingerprint density at radius 2 is 2.26 bits per heavy atom. The zero-order valence-corrected chi connectivity index (χ0v) is 11.3. The van der Waals surface area contributed by atoms with Crippen molar-refractivity contribution in [1.82, 2.24) is 4.31 Å². The first-order chi connectivity index (χ1) is 9.01. The van der Waals surface area contributed by atoms with E-state index < -0.39 is 16.1 Å². The summed E-state index contributed by atoms with van der Waals surface area (Å²) in [6, 6.07) is 8.58. The van der Waals surface area contributed by atoms with Crippen molar-refractivity contribution in [3.8, 4) is 6.07 Å². The zero-order valence-electron chi connectivity index (χ0n) is 10.5. The molecule has 0 aromatic heterocycles. The molecule has 1 aliphatic heterocycles. The first-order valence-corrected chi connectivity index (χ1v) is 7.77. The van der Waals surface area contributed by atoms with E-state index in [1.165, 1.54) is 4.31 Å². The van der Waals surface area contributed by atoms with Gasteiger partial charge in [-0.2, -0.15) is 9.57 Å². The molecule has 1 unspecified atom stereocenters. The molecule has 1 aromatic rings. The third-order valence-corrected chi connectivity index (χ3v) is 4.97. The van der Waals surface area contributed by atoms with Crippen LogP contribution in [0.1, 0.15) is 24.0 Å². The number of sulfonamides is 1. The summed E-state index contributed by atoms with van der Waals surface area (Å²) in [6.45, 7) is 0.623. The molecule has 1 heterocycles. The number of nitrogens with zero attached hydrogens (tertiary/aromatic N) is 2. The number of rotatable bonds is 3. The molecule has 0 aliphatic carbocycles. The van der Waals surface area contributed by atoms with Gasteiger partial charge < -0.3 is 5.11 Å². The van der Waals surface area contributed by atoms with Crippen molar-refractivity contribution in [3.05, 3.63) is 35.4 Å². The van der Waals surface area contributed by atoms with Crippen molar-refractivity contribution in [2.75, 3.05) is 13.1 Å². The Bertz CT molecular complexity index is 592. The minimum atomic E-state index is -3.43. The fourth-order valence-electron chi connectivity index (χ4n) is 2.21. The molecule has 19 heavy (non-hydrogen) atoms. The smallest absolute Gasteiger partial charge is 0.218 e. The van der Waals surface area contributed by atoms with Crippen LogP contribution in [-0.2, 0) is 15.8 Å². The van der Waals surface area contributed by atoms with E-state index in [9.17, 15) is 13.5 Å². The van der Waals surface area contributed by atoms with Crippen LogP contribution in [-0.4, -0.2) is 37.0 Å². The average molecular weight is 280 g/mol. The van der Waals surface area contributed by atoms with Gasteiger partial charge in [0.15, 0.2) is 0 Å². The molecule has 0 saturated carbocycles. The highest BCUT2D eigenvalue weighted by molar-refractivity contribution is 7.88. The normalized spacial score (nSPS) is 20.9. The van der Waals surface area contributed by atoms with Crippen LogP contribution < -0.4 is 0 Å². The molecule has 2 rings (SSSR count). The summed E-state index contributed by atoms with van der Waals surface area (Å²) < 4.78 is 25.8. The maximum atomic E-state index is 12.2. The summed E-state index contributed by atoms with van der Waals surface area (Å²) in [5.74, 6) is -0.130. The molecule has 1 aromatic carbocycles. The number of hydrogen-bond donors (Lipinski definition) is 1. The van der Waals surface area contributed by atoms with Crippen LogP contribution in [0.25, 0.3) is 0 Å². The van der Waals surface area contributed by atoms with E-state index >= 15 is 0 Å². The summed E-state index contributed by atoms with van der Waals surface area (Å²) >= 11 is 0. The minimum Gasteiger partial charge on any atom is -0.392 e. The second-order valence-electron chi connectivity index (χ2n) is 4.72. The molecule has 0 radical (unpaired) electrons. The molecule has 0 bridgehead atoms. The van der Waals surface area contributed by atoms with Crippen LogP contribution in [0.4, 0.5) is 0 Å². The fraction of sp³-hybridized carbons (Fsp3) is 0.462. The Labute approximate surface area is 113 Å². The molecular formula is C13H16N2O3S. The van der Waals surface area contributed by atoms with Crippen LogP contribution in [0.5, 0.6) is 0 Å². The molecule has 0 spiro atoms. The van der Waals surface area contributed by atoms with Crippen LogP contribution in [0, 0.1) is 11.3 Å². The molecule has 1 aliphatic rings. The molecule has 1 N–H and O–H groups in total. The summed E-state index contributed by atoms with van der Waals surface area (Å²) in [5, 5.41) is 18.3. The second kappa shape index (κ2) is 5.70. The maximum Gasteiger partial charge on any atom is 0.218 e. The summed E-state index contributed by atoms with van der Waals surface area (Å²) in [7, 11) is -3.43. The van der Waals surface area contributed by atoms with Gasteiger partial charge in [0.25, 0.3) is 0 Å². The minimum absolute atomic E-state index is 0.130. The molecule has 1 fully saturated rings. The predicted octanol–water partition coefficient (Wildman–Crippen LogP) is 0.845. The molecule has 1 saturated heterocycles. The van der Waals surface area contributed by atoms with Crippen molar-refractivity contribution >= 4 is 10.0 Å². The Morgan fingerprint density at radius 1 is 1.47 bits per heavy atom. The molecule has 6 heteroatoms. The molecular weight excluding hydrogens is 264 g/mol. The Kier molecular flexibility index (Phi) is 4.20. The standard InChI is InChI=1S/C13H16N2O3S/c14-8-11-3-1-4-12(7-11)10-19(17,18)15-6-2-5-13(16)9-15/h1,3-4,7,13,16H,2,5-6,9-10H2. The van der Waals surface area contributed by atoms with E-state index in [2.05, 4.69) is 0 Å². The molecule has 0 amide bonds. The maximum absolute atomic E-state index is 12.2. The van der Waals surface area contributed by atoms with Gasteiger partial charge in [-0.1, -0.05) is 12.1 Å². The third kappa shape index (κ3) is 3.53. The van der Waals surface area contributed by atoms with Gasteiger partial charge in [0.2, 0.25) is 10.0 Å². The fourth-order valence-corrected chi connectivity index (χ4v) is 3.80. The summed E-state index contributed by atoms with van der Waals surface area (Å²) in [5.41, 5.74) is 1.05. The number of benzene rings is 1. The Hall–Kier alpha value is -1.42. The van der Waals surface area contributed by atoms with Gasteiger partial charge in [0.05, 0.1) is 23.5 Å². The van der Waals surface area contributed by atoms with Crippen molar-refractivity contribution in [1.29, 1.82) is 5.26 Å². The highest BCUT2D eigenvalue weighted by Gasteiger charge is 2.27. The van der Waals surface area contributed by atoms with Crippen molar-refractivity contribution in [2.24, 2.45) is 0 Å². The monoisotopic (exact) mass is 280 g/mol. The van der Waals surface area contributed by atoms with Crippen molar-refractivity contribution < 1.29 is 13.5 Å². The van der Waals surface area contributed by atoms with E-state index in [4.69, 9.17) is 5.26 Å². The van der Waals surface area contributed by atoms with Crippen molar-refractivity contribution in [2.45, 2.75) is 24.7 Å². The lowest BCUT2D eigenvalue weighted by molar-refractivity contribution is 0.108. The molecule has 1 atom stereocenters. The van der Waals surface area contributed by atoms with Crippen LogP contribution in [0.2, 0.25) is 0 Å². The second-order valence-corrected chi connectivity index (χ2v) is 6.69. The lowest BCUT2D eigenvalue weighted by Gasteiger charge is -2.29. The first kappa shape index (κ1) is 14.0. The SMILES string of the molecule is N#Cc1cccc(CS(=O)(=O)N2CCCC(O)C2)c1. The van der Waals surface area contributed by atoms with Gasteiger partial charge in [-0.25, -0.2) is 8.42 Å². The highest BCUT2D eigenvalue weighted by Crippen LogP contribution is 2.18. The van der Waals surface area contributed by atoms with Gasteiger partial charge in [0.1, 0.15) is 0 Å². The number of piperidine rings is 1. The number of hydrogen-bond acceptors (Lipinski definition) is 4. The first-order valence-electron chi connectivity index (χ1n) is 6.16. The van der Waals surface area contributed by atoms with Crippen LogP contribution in [0.15, 0.2) is 24.3 Å². The van der Waals surface area contributed by atoms with E-state index in [1.54, 1.807) is 24.3 Å². The number of aliphatic hydroxyl groups is 1. The zero-order chi connectivity index (χ0) is 13.9. The van der Waals surface area contributed by atoms with Gasteiger partial charge in [0, 0.05) is 13.1 Å². The summed E-state index contributed by atoms with van der Waals surface area (Å²) in [4.78, 5) is 0. The van der Waals surface area contributed by atoms with E-state index in [-0.39, 0.29) is 12.3 Å². The lowest BCUT2D eigenvalue weighted by Crippen LogP contribution is -2.42. The van der Waals surface area contributed by atoms with Crippen LogP contribution >= 0.6 is 0 Å². The van der Waals surface area contributed by atoms with Gasteiger partial charge in [-0.3, -0.25) is 0 Å². The highest BCUT2D eigenvalue weighted by atomic mass is 32.2. The Morgan fingerprint density at radius 3 is 2.95 bits per heavy atom. The van der Waals surface area contributed by atoms with E-state index in [0.29, 0.717) is 30.5 Å². The lowest BCUT2D eigenvalue weighted by atomic mass is 10.1. The molecule has 102 valence electrons. The van der Waals surface area contributed by atoms with Crippen LogP contribution in [0.3, 0.4) is 0 Å². The molecule has 5 nitrogen and oxygen atoms in total. The van der Waals surface area contributed by atoms with Gasteiger partial charge in [-0.05, 0) is 30.5 Å². The van der Waals surface area contributed by atoms with Crippen molar-refractivity contribution in [3.63, 3.8) is 0 Å². The predicted molar refractivity (Wildman–Crippen MR) is 70.6 cm³/mol. The van der Waals surface area contributed by atoms with E-state index in [0.717, 1.165) is 0 Å². The average Bonchev–Trinajstić information content (AvgIpc) is 2.38. The topological polar surface area (TPSA) is 81.4 Å². The number of nitriles is 1. The quantitative estimate of drug-likeness (QED) is 0.889. The van der Waals surface area contributed by atoms with E-state index in [1.807, 2.05) is 6.07 Å². The van der Waals surface area contributed by atoms with Gasteiger partial charge >= 0.3 is 0 Å². The Balaban J connectivity index is 2.14.